The van der Waals surface area contributed by atoms with Crippen molar-refractivity contribution in [3.8, 4) is 22.9 Å². The van der Waals surface area contributed by atoms with Gasteiger partial charge in [0.05, 0.1) is 23.7 Å². The second-order valence-electron chi connectivity index (χ2n) is 7.20. The van der Waals surface area contributed by atoms with Crippen molar-refractivity contribution in [2.75, 3.05) is 0 Å². The van der Waals surface area contributed by atoms with Crippen molar-refractivity contribution < 1.29 is 0 Å². The number of fused-ring (bicyclic) bond motifs is 3. The number of nitriles is 1. The average molecular weight is 527 g/mol. The zero-order chi connectivity index (χ0) is 21.5. The first-order valence-corrected chi connectivity index (χ1v) is 11.1. The quantitative estimate of drug-likeness (QED) is 0.212. The van der Waals surface area contributed by atoms with Crippen molar-refractivity contribution in [1.29, 1.82) is 5.26 Å². The zero-order valence-corrected chi connectivity index (χ0v) is 19.3. The summed E-state index contributed by atoms with van der Waals surface area (Å²) in [6.45, 7) is 7.29. The van der Waals surface area contributed by atoms with E-state index < -0.39 is 0 Å². The van der Waals surface area contributed by atoms with Gasteiger partial charge in [-0.25, -0.2) is 4.85 Å². The number of rotatable bonds is 2. The summed E-state index contributed by atoms with van der Waals surface area (Å²) in [5.74, 6) is 0. The van der Waals surface area contributed by atoms with E-state index in [2.05, 4.69) is 95.9 Å². The molecule has 0 unspecified atom stereocenters. The summed E-state index contributed by atoms with van der Waals surface area (Å²) < 4.78 is 4.34. The highest BCUT2D eigenvalue weighted by molar-refractivity contribution is 9.10. The molecular weight excluding hydrogens is 514 g/mol. The molecule has 0 atom stereocenters. The number of aromatic nitrogens is 1. The second kappa shape index (κ2) is 7.71. The third kappa shape index (κ3) is 3.43. The molecule has 0 spiro atoms. The molecule has 5 heteroatoms. The van der Waals surface area contributed by atoms with Crippen LogP contribution in [0.25, 0.3) is 43.5 Å². The zero-order valence-electron chi connectivity index (χ0n) is 16.1. The van der Waals surface area contributed by atoms with Gasteiger partial charge < -0.3 is 4.57 Å². The normalized spacial score (nSPS) is 10.8. The van der Waals surface area contributed by atoms with Crippen LogP contribution in [0.15, 0.2) is 87.8 Å². The molecule has 1 heterocycles. The molecule has 1 aromatic heterocycles. The van der Waals surface area contributed by atoms with E-state index in [4.69, 9.17) is 6.57 Å². The lowest BCUT2D eigenvalue weighted by atomic mass is 10.0. The molecular formula is C26H13Br2N3. The smallest absolute Gasteiger partial charge is 0.189 e. The second-order valence-corrected chi connectivity index (χ2v) is 9.03. The molecule has 0 saturated heterocycles. The molecule has 0 aliphatic heterocycles. The molecule has 4 aromatic carbocycles. The van der Waals surface area contributed by atoms with Gasteiger partial charge in [-0.15, -0.1) is 0 Å². The van der Waals surface area contributed by atoms with Gasteiger partial charge in [0, 0.05) is 31.0 Å². The van der Waals surface area contributed by atoms with Gasteiger partial charge in [-0.2, -0.15) is 5.26 Å². The maximum Gasteiger partial charge on any atom is 0.189 e. The first-order chi connectivity index (χ1) is 15.1. The highest BCUT2D eigenvalue weighted by atomic mass is 79.9. The summed E-state index contributed by atoms with van der Waals surface area (Å²) in [6.07, 6.45) is 0. The Morgan fingerprint density at radius 3 is 1.90 bits per heavy atom. The van der Waals surface area contributed by atoms with Crippen LogP contribution in [0.3, 0.4) is 0 Å². The maximum atomic E-state index is 9.28. The third-order valence-corrected chi connectivity index (χ3v) is 6.31. The lowest BCUT2D eigenvalue weighted by molar-refractivity contribution is 1.18. The largest absolute Gasteiger partial charge is 0.309 e. The van der Waals surface area contributed by atoms with Crippen LogP contribution in [-0.4, -0.2) is 4.57 Å². The number of hydrogen-bond donors (Lipinski definition) is 0. The van der Waals surface area contributed by atoms with E-state index >= 15 is 0 Å². The molecule has 5 aromatic rings. The lowest BCUT2D eigenvalue weighted by Gasteiger charge is -2.10. The van der Waals surface area contributed by atoms with Crippen LogP contribution < -0.4 is 0 Å². The molecule has 146 valence electrons. The van der Waals surface area contributed by atoms with Gasteiger partial charge in [-0.3, -0.25) is 0 Å². The van der Waals surface area contributed by atoms with E-state index in [0.29, 0.717) is 11.3 Å². The number of nitrogens with zero attached hydrogens (tertiary/aromatic N) is 3. The molecule has 0 bridgehead atoms. The summed E-state index contributed by atoms with van der Waals surface area (Å²) in [6, 6.07) is 28.3. The summed E-state index contributed by atoms with van der Waals surface area (Å²) in [5.41, 5.74) is 6.11. The summed E-state index contributed by atoms with van der Waals surface area (Å²) >= 11 is 7.19. The van der Waals surface area contributed by atoms with E-state index in [-0.39, 0.29) is 0 Å². The Labute approximate surface area is 196 Å². The molecule has 5 rings (SSSR count). The van der Waals surface area contributed by atoms with E-state index in [9.17, 15) is 5.26 Å². The van der Waals surface area contributed by atoms with E-state index in [1.54, 1.807) is 6.07 Å². The number of halogens is 2. The van der Waals surface area contributed by atoms with E-state index in [0.717, 1.165) is 36.8 Å². The fourth-order valence-corrected chi connectivity index (χ4v) is 4.68. The minimum absolute atomic E-state index is 0.469. The molecule has 0 aliphatic rings. The van der Waals surface area contributed by atoms with Crippen LogP contribution in [0.1, 0.15) is 5.56 Å². The SMILES string of the molecule is [C-]#[N+]c1cc(C#N)cc(-c2ccc(-n3c4ccc(Br)cc4c4cc(Br)ccc43)cc2)c1. The van der Waals surface area contributed by atoms with Gasteiger partial charge in [0.1, 0.15) is 0 Å². The van der Waals surface area contributed by atoms with Crippen LogP contribution in [-0.2, 0) is 0 Å². The average Bonchev–Trinajstić information content (AvgIpc) is 3.11. The lowest BCUT2D eigenvalue weighted by Crippen LogP contribution is -1.93. The van der Waals surface area contributed by atoms with Crippen LogP contribution in [0, 0.1) is 17.9 Å². The Hall–Kier alpha value is -3.38. The van der Waals surface area contributed by atoms with Crippen molar-refractivity contribution in [3.05, 3.63) is 105 Å². The Kier molecular flexibility index (Phi) is 4.87. The first-order valence-electron chi connectivity index (χ1n) is 9.50. The van der Waals surface area contributed by atoms with Crippen molar-refractivity contribution in [2.45, 2.75) is 0 Å². The topological polar surface area (TPSA) is 33.1 Å². The van der Waals surface area contributed by atoms with E-state index in [1.807, 2.05) is 24.3 Å². The van der Waals surface area contributed by atoms with E-state index in [1.165, 1.54) is 10.8 Å². The van der Waals surface area contributed by atoms with Crippen molar-refractivity contribution in [1.82, 2.24) is 4.57 Å². The van der Waals surface area contributed by atoms with Gasteiger partial charge >= 0.3 is 0 Å². The molecule has 3 nitrogen and oxygen atoms in total. The van der Waals surface area contributed by atoms with Crippen LogP contribution in [0.2, 0.25) is 0 Å². The summed E-state index contributed by atoms with van der Waals surface area (Å²) in [7, 11) is 0. The highest BCUT2D eigenvalue weighted by Crippen LogP contribution is 2.36. The summed E-state index contributed by atoms with van der Waals surface area (Å²) in [5, 5.41) is 11.6. The number of hydrogen-bond acceptors (Lipinski definition) is 1. The van der Waals surface area contributed by atoms with Crippen LogP contribution in [0.5, 0.6) is 0 Å². The van der Waals surface area contributed by atoms with Gasteiger partial charge in [0.2, 0.25) is 0 Å². The van der Waals surface area contributed by atoms with Gasteiger partial charge in [-0.05, 0) is 77.9 Å². The molecule has 0 saturated carbocycles. The predicted molar refractivity (Wildman–Crippen MR) is 133 cm³/mol. The van der Waals surface area contributed by atoms with Crippen molar-refractivity contribution in [2.24, 2.45) is 0 Å². The Morgan fingerprint density at radius 2 is 1.35 bits per heavy atom. The molecule has 0 fully saturated rings. The van der Waals surface area contributed by atoms with Gasteiger partial charge in [0.25, 0.3) is 0 Å². The predicted octanol–water partition coefficient (Wildman–Crippen LogP) is 8.40. The standard InChI is InChI=1S/C26H13Br2N3/c1-30-21-11-16(15-29)10-18(12-21)17-2-6-22(7-3-17)31-25-8-4-19(27)13-23(25)24-14-20(28)5-9-26(24)31/h2-14H. The van der Waals surface area contributed by atoms with Crippen LogP contribution >= 0.6 is 31.9 Å². The molecule has 0 N–H and O–H groups in total. The monoisotopic (exact) mass is 525 g/mol. The van der Waals surface area contributed by atoms with Crippen molar-refractivity contribution in [3.63, 3.8) is 0 Å². The maximum absolute atomic E-state index is 9.28. The first kappa shape index (κ1) is 19.6. The Balaban J connectivity index is 1.69. The van der Waals surface area contributed by atoms with Gasteiger partial charge in [-0.1, -0.05) is 44.0 Å². The minimum atomic E-state index is 0.469. The summed E-state index contributed by atoms with van der Waals surface area (Å²) in [4.78, 5) is 3.49. The molecule has 0 aliphatic carbocycles. The molecule has 0 amide bonds. The third-order valence-electron chi connectivity index (χ3n) is 5.32. The minimum Gasteiger partial charge on any atom is -0.309 e. The molecule has 0 radical (unpaired) electrons. The fraction of sp³-hybridized carbons (Fsp3) is 0. The van der Waals surface area contributed by atoms with Gasteiger partial charge in [0.15, 0.2) is 5.69 Å². The fourth-order valence-electron chi connectivity index (χ4n) is 3.96. The Bertz CT molecular complexity index is 1470. The highest BCUT2D eigenvalue weighted by Gasteiger charge is 2.13. The molecule has 31 heavy (non-hydrogen) atoms. The Morgan fingerprint density at radius 1 is 0.742 bits per heavy atom. The van der Waals surface area contributed by atoms with Crippen molar-refractivity contribution >= 4 is 59.4 Å². The van der Waals surface area contributed by atoms with Crippen LogP contribution in [0.4, 0.5) is 5.69 Å². The number of benzene rings is 4.